The third-order valence-corrected chi connectivity index (χ3v) is 3.88. The second-order valence-corrected chi connectivity index (χ2v) is 4.71. The van der Waals surface area contributed by atoms with Gasteiger partial charge in [0.25, 0.3) is 0 Å². The maximum Gasteiger partial charge on any atom is 0.0474 e. The van der Waals surface area contributed by atoms with Gasteiger partial charge in [-0.3, -0.25) is 0 Å². The molecule has 2 unspecified atom stereocenters. The summed E-state index contributed by atoms with van der Waals surface area (Å²) < 4.78 is 0. The van der Waals surface area contributed by atoms with Gasteiger partial charge in [-0.15, -0.1) is 0 Å². The van der Waals surface area contributed by atoms with Gasteiger partial charge < -0.3 is 5.11 Å². The number of hydrogen-bond acceptors (Lipinski definition) is 1. The lowest BCUT2D eigenvalue weighted by Gasteiger charge is -2.39. The van der Waals surface area contributed by atoms with Gasteiger partial charge in [-0.25, -0.2) is 0 Å². The van der Waals surface area contributed by atoms with Crippen molar-refractivity contribution in [1.82, 2.24) is 0 Å². The summed E-state index contributed by atoms with van der Waals surface area (Å²) in [5, 5.41) is 9.63. The smallest absolute Gasteiger partial charge is 0.0474 e. The maximum absolute atomic E-state index is 9.63. The van der Waals surface area contributed by atoms with Crippen LogP contribution < -0.4 is 0 Å². The average Bonchev–Trinajstić information content (AvgIpc) is 2.36. The highest BCUT2D eigenvalue weighted by molar-refractivity contribution is 5.39. The lowest BCUT2D eigenvalue weighted by molar-refractivity contribution is 0.150. The fourth-order valence-electron chi connectivity index (χ4n) is 3.06. The normalized spacial score (nSPS) is 39.2. The van der Waals surface area contributed by atoms with Gasteiger partial charge >= 0.3 is 0 Å². The minimum absolute atomic E-state index is 0.263. The Hall–Kier alpha value is -1.34. The summed E-state index contributed by atoms with van der Waals surface area (Å²) in [5.41, 5.74) is 1.36. The fourth-order valence-corrected chi connectivity index (χ4v) is 3.06. The van der Waals surface area contributed by atoms with Crippen molar-refractivity contribution in [2.75, 3.05) is 6.61 Å². The Morgan fingerprint density at radius 1 is 1.00 bits per heavy atom. The molecule has 1 N–H and O–H groups in total. The number of aliphatic hydroxyl groups excluding tert-OH is 1. The van der Waals surface area contributed by atoms with Crippen LogP contribution in [0.15, 0.2) is 60.3 Å². The molecule has 0 fully saturated rings. The summed E-state index contributed by atoms with van der Waals surface area (Å²) in [6.07, 6.45) is 19.6. The van der Waals surface area contributed by atoms with Crippen LogP contribution in [0.3, 0.4) is 0 Å². The Morgan fingerprint density at radius 3 is 2.69 bits per heavy atom. The molecule has 1 nitrogen and oxygen atoms in total. The lowest BCUT2D eigenvalue weighted by atomic mass is 9.65. The summed E-state index contributed by atoms with van der Waals surface area (Å²) in [6.45, 7) is 0.263. The molecule has 1 heteroatoms. The molecular weight excluding hydrogens is 196 g/mol. The first kappa shape index (κ1) is 9.86. The monoisotopic (exact) mass is 212 g/mol. The van der Waals surface area contributed by atoms with Crippen LogP contribution in [0.4, 0.5) is 0 Å². The summed E-state index contributed by atoms with van der Waals surface area (Å²) in [5.74, 6) is 1.64. The van der Waals surface area contributed by atoms with Crippen LogP contribution in [0.2, 0.25) is 0 Å². The zero-order valence-electron chi connectivity index (χ0n) is 9.16. The number of aliphatic hydroxyl groups is 1. The molecule has 0 radical (unpaired) electrons. The summed E-state index contributed by atoms with van der Waals surface area (Å²) in [4.78, 5) is 0. The summed E-state index contributed by atoms with van der Waals surface area (Å²) in [7, 11) is 0. The second-order valence-electron chi connectivity index (χ2n) is 4.71. The molecule has 0 bridgehead atoms. The Labute approximate surface area is 96.2 Å². The predicted octanol–water partition coefficient (Wildman–Crippen LogP) is 2.64. The molecule has 0 heterocycles. The molecular formula is C15H16O. The molecule has 0 amide bonds. The van der Waals surface area contributed by atoms with E-state index in [1.807, 2.05) is 0 Å². The van der Waals surface area contributed by atoms with E-state index >= 15 is 0 Å². The van der Waals surface area contributed by atoms with E-state index < -0.39 is 0 Å². The highest BCUT2D eigenvalue weighted by atomic mass is 16.3. The van der Waals surface area contributed by atoms with Crippen LogP contribution in [0.5, 0.6) is 0 Å². The van der Waals surface area contributed by atoms with E-state index in [0.29, 0.717) is 23.7 Å². The molecule has 0 aromatic carbocycles. The van der Waals surface area contributed by atoms with E-state index in [1.54, 1.807) is 0 Å². The molecule has 0 aliphatic heterocycles. The van der Waals surface area contributed by atoms with Crippen molar-refractivity contribution < 1.29 is 5.11 Å². The van der Waals surface area contributed by atoms with Gasteiger partial charge in [-0.05, 0) is 17.4 Å². The molecule has 0 aromatic heterocycles. The number of hydrogen-bond donors (Lipinski definition) is 1. The third kappa shape index (κ3) is 1.43. The Bertz CT molecular complexity index is 423. The minimum atomic E-state index is 0.263. The van der Waals surface area contributed by atoms with Gasteiger partial charge in [0.1, 0.15) is 0 Å². The van der Waals surface area contributed by atoms with Gasteiger partial charge in [0, 0.05) is 18.4 Å². The van der Waals surface area contributed by atoms with Crippen molar-refractivity contribution in [3.05, 3.63) is 60.3 Å². The Morgan fingerprint density at radius 2 is 1.81 bits per heavy atom. The first-order valence-electron chi connectivity index (χ1n) is 5.92. The Kier molecular flexibility index (Phi) is 2.41. The average molecular weight is 212 g/mol. The maximum atomic E-state index is 9.63. The van der Waals surface area contributed by atoms with E-state index in [1.165, 1.54) is 5.57 Å². The highest BCUT2D eigenvalue weighted by Crippen LogP contribution is 2.43. The highest BCUT2D eigenvalue weighted by Gasteiger charge is 2.36. The fraction of sp³-hybridized carbons (Fsp3) is 0.333. The van der Waals surface area contributed by atoms with Crippen LogP contribution in [0, 0.1) is 23.7 Å². The van der Waals surface area contributed by atoms with E-state index in [2.05, 4.69) is 54.7 Å². The molecule has 0 saturated carbocycles. The molecule has 0 saturated heterocycles. The van der Waals surface area contributed by atoms with Crippen LogP contribution in [-0.2, 0) is 0 Å². The molecule has 3 rings (SSSR count). The molecule has 0 aromatic rings. The molecule has 16 heavy (non-hydrogen) atoms. The van der Waals surface area contributed by atoms with E-state index in [0.717, 1.165) is 0 Å². The SMILES string of the molecule is OCC1[C@H]2C=CC=CC2C=C2C=CC=C[C@H]21. The molecule has 4 atom stereocenters. The second kappa shape index (κ2) is 3.91. The van der Waals surface area contributed by atoms with E-state index in [4.69, 9.17) is 0 Å². The molecule has 3 aliphatic carbocycles. The van der Waals surface area contributed by atoms with Gasteiger partial charge in [0.15, 0.2) is 0 Å². The molecule has 3 aliphatic rings. The summed E-state index contributed by atoms with van der Waals surface area (Å²) >= 11 is 0. The van der Waals surface area contributed by atoms with Crippen LogP contribution in [-0.4, -0.2) is 11.7 Å². The first-order chi connectivity index (χ1) is 7.90. The largest absolute Gasteiger partial charge is 0.396 e. The zero-order chi connectivity index (χ0) is 11.0. The standard InChI is InChI=1S/C15H16O/c16-10-15-13-7-3-1-5-11(13)9-12-6-2-4-8-14(12)15/h1-9,11,13-16H,10H2/t11?,13-,14+,15?/m0/s1. The molecule has 82 valence electrons. The van der Waals surface area contributed by atoms with Crippen LogP contribution >= 0.6 is 0 Å². The van der Waals surface area contributed by atoms with Gasteiger partial charge in [0.2, 0.25) is 0 Å². The van der Waals surface area contributed by atoms with Crippen LogP contribution in [0.25, 0.3) is 0 Å². The van der Waals surface area contributed by atoms with Crippen molar-refractivity contribution in [2.24, 2.45) is 23.7 Å². The molecule has 0 spiro atoms. The van der Waals surface area contributed by atoms with Gasteiger partial charge in [-0.2, -0.15) is 0 Å². The summed E-state index contributed by atoms with van der Waals surface area (Å²) in [6, 6.07) is 0. The quantitative estimate of drug-likeness (QED) is 0.708. The minimum Gasteiger partial charge on any atom is -0.396 e. The topological polar surface area (TPSA) is 20.2 Å². The van der Waals surface area contributed by atoms with Gasteiger partial charge in [-0.1, -0.05) is 54.7 Å². The van der Waals surface area contributed by atoms with Crippen molar-refractivity contribution in [1.29, 1.82) is 0 Å². The first-order valence-corrected chi connectivity index (χ1v) is 5.92. The zero-order valence-corrected chi connectivity index (χ0v) is 9.16. The van der Waals surface area contributed by atoms with Crippen molar-refractivity contribution >= 4 is 0 Å². The Balaban J connectivity index is 2.03. The van der Waals surface area contributed by atoms with E-state index in [9.17, 15) is 5.11 Å². The van der Waals surface area contributed by atoms with E-state index in [-0.39, 0.29) is 6.61 Å². The predicted molar refractivity (Wildman–Crippen MR) is 65.7 cm³/mol. The van der Waals surface area contributed by atoms with Crippen molar-refractivity contribution in [2.45, 2.75) is 0 Å². The number of rotatable bonds is 1. The van der Waals surface area contributed by atoms with Gasteiger partial charge in [0.05, 0.1) is 0 Å². The lowest BCUT2D eigenvalue weighted by Crippen LogP contribution is -2.34. The van der Waals surface area contributed by atoms with Crippen LogP contribution in [0.1, 0.15) is 0 Å². The number of allylic oxidation sites excluding steroid dienone is 10. The number of fused-ring (bicyclic) bond motifs is 2. The third-order valence-electron chi connectivity index (χ3n) is 3.88. The van der Waals surface area contributed by atoms with Crippen molar-refractivity contribution in [3.8, 4) is 0 Å². The van der Waals surface area contributed by atoms with Crippen molar-refractivity contribution in [3.63, 3.8) is 0 Å².